The monoisotopic (exact) mass is 592 g/mol. The third-order valence-corrected chi connectivity index (χ3v) is 8.39. The maximum Gasteiger partial charge on any atom is 0.265 e. The first kappa shape index (κ1) is 28.6. The first-order chi connectivity index (χ1) is 19.5. The van der Waals surface area contributed by atoms with Crippen molar-refractivity contribution in [1.82, 2.24) is 9.88 Å². The number of aromatic nitrogens is 1. The number of nitrogens with zero attached hydrogens (tertiary/aromatic N) is 4. The molecule has 2 aromatic heterocycles. The molecule has 1 aromatic carbocycles. The molecule has 1 saturated heterocycles. The first-order valence-corrected chi connectivity index (χ1v) is 14.2. The molecule has 1 fully saturated rings. The lowest BCUT2D eigenvalue weighted by atomic mass is 9.99. The van der Waals surface area contributed by atoms with Gasteiger partial charge >= 0.3 is 0 Å². The van der Waals surface area contributed by atoms with E-state index in [1.54, 1.807) is 25.3 Å². The van der Waals surface area contributed by atoms with E-state index in [2.05, 4.69) is 16.8 Å². The van der Waals surface area contributed by atoms with Crippen molar-refractivity contribution in [3.05, 3.63) is 80.9 Å². The highest BCUT2D eigenvalue weighted by molar-refractivity contribution is 7.17. The molecular formula is C30H27ClF2N6OS. The van der Waals surface area contributed by atoms with Crippen molar-refractivity contribution in [3.8, 4) is 11.8 Å². The Bertz CT molecular complexity index is 1610. The lowest BCUT2D eigenvalue weighted by Gasteiger charge is -2.33. The van der Waals surface area contributed by atoms with Gasteiger partial charge in [-0.05, 0) is 61.9 Å². The standard InChI is InChI=1S/C30H27ClF2N6OS/c1-18-24(12-11-22-6-3-4-14-36-22)41-29-26(18)27(20-7-9-21(31)10-8-20)37-23(28(35)39(29)19(2)34)16-25(40)38-15-5-13-30(32,33)17-38/h3-4,6-10,14,23,34-35H,5,13,15-17H2,1-2H3/t23-/m0/s1. The molecule has 210 valence electrons. The summed E-state index contributed by atoms with van der Waals surface area (Å²) in [6.45, 7) is 3.06. The number of carbonyl (C=O) groups is 1. The summed E-state index contributed by atoms with van der Waals surface area (Å²) < 4.78 is 28.2. The Balaban J connectivity index is 1.62. The molecule has 3 aromatic rings. The third kappa shape index (κ3) is 6.06. The van der Waals surface area contributed by atoms with Gasteiger partial charge in [0.15, 0.2) is 0 Å². The summed E-state index contributed by atoms with van der Waals surface area (Å²) in [6, 6.07) is 11.6. The highest BCUT2D eigenvalue weighted by atomic mass is 35.5. The van der Waals surface area contributed by atoms with Crippen molar-refractivity contribution in [2.24, 2.45) is 4.99 Å². The molecule has 2 N–H and O–H groups in total. The predicted octanol–water partition coefficient (Wildman–Crippen LogP) is 6.15. The number of halogens is 3. The van der Waals surface area contributed by atoms with Gasteiger partial charge in [0, 0.05) is 35.3 Å². The molecule has 0 saturated carbocycles. The molecule has 0 unspecified atom stereocenters. The minimum Gasteiger partial charge on any atom is -0.337 e. The molecule has 0 radical (unpaired) electrons. The van der Waals surface area contributed by atoms with Crippen LogP contribution in [0.1, 0.15) is 53.4 Å². The number of amides is 1. The minimum atomic E-state index is -2.94. The summed E-state index contributed by atoms with van der Waals surface area (Å²) in [5, 5.41) is 18.8. The van der Waals surface area contributed by atoms with E-state index < -0.39 is 24.4 Å². The number of hydrogen-bond donors (Lipinski definition) is 2. The SMILES string of the molecule is CC(=N)N1C(=N)[C@H](CC(=O)N2CCCC(F)(F)C2)N=C(c2ccc(Cl)cc2)c2c1sc(C#Cc1ccccn1)c2C. The fourth-order valence-electron chi connectivity index (χ4n) is 4.93. The number of pyridine rings is 1. The van der Waals surface area contributed by atoms with Gasteiger partial charge in [-0.3, -0.25) is 25.5 Å². The van der Waals surface area contributed by atoms with Crippen LogP contribution in [0, 0.1) is 29.6 Å². The molecule has 1 atom stereocenters. The molecule has 41 heavy (non-hydrogen) atoms. The van der Waals surface area contributed by atoms with E-state index in [9.17, 15) is 13.6 Å². The Morgan fingerprint density at radius 2 is 1.98 bits per heavy atom. The van der Waals surface area contributed by atoms with Crippen molar-refractivity contribution < 1.29 is 13.6 Å². The number of anilines is 1. The van der Waals surface area contributed by atoms with Crippen LogP contribution in [0.15, 0.2) is 53.7 Å². The number of fused-ring (bicyclic) bond motifs is 1. The number of alkyl halides is 2. The maximum absolute atomic E-state index is 14.1. The fraction of sp³-hybridized carbons (Fsp3) is 0.300. The number of likely N-dealkylation sites (tertiary alicyclic amines) is 1. The summed E-state index contributed by atoms with van der Waals surface area (Å²) in [6.07, 6.45) is 1.36. The summed E-state index contributed by atoms with van der Waals surface area (Å²) in [5.74, 6) is 2.82. The normalized spacial score (nSPS) is 18.1. The van der Waals surface area contributed by atoms with Crippen molar-refractivity contribution >= 4 is 51.2 Å². The zero-order valence-electron chi connectivity index (χ0n) is 22.5. The van der Waals surface area contributed by atoms with Crippen LogP contribution in [0.2, 0.25) is 5.02 Å². The zero-order valence-corrected chi connectivity index (χ0v) is 24.0. The van der Waals surface area contributed by atoms with Crippen LogP contribution < -0.4 is 4.90 Å². The Morgan fingerprint density at radius 3 is 2.63 bits per heavy atom. The molecule has 4 heterocycles. The van der Waals surface area contributed by atoms with Crippen LogP contribution in [0.4, 0.5) is 13.8 Å². The van der Waals surface area contributed by atoms with Gasteiger partial charge in [-0.2, -0.15) is 0 Å². The number of thiophene rings is 1. The van der Waals surface area contributed by atoms with Crippen molar-refractivity contribution in [3.63, 3.8) is 0 Å². The number of carbonyl (C=O) groups excluding carboxylic acids is 1. The molecule has 1 amide bonds. The van der Waals surface area contributed by atoms with Gasteiger partial charge in [0.1, 0.15) is 28.4 Å². The molecule has 0 aliphatic carbocycles. The van der Waals surface area contributed by atoms with E-state index in [1.807, 2.05) is 37.3 Å². The van der Waals surface area contributed by atoms with E-state index >= 15 is 0 Å². The molecule has 0 bridgehead atoms. The number of aliphatic imine (C=N–C) groups is 1. The number of nitrogens with one attached hydrogen (secondary N) is 2. The second-order valence-corrected chi connectivity index (χ2v) is 11.4. The molecule has 11 heteroatoms. The van der Waals surface area contributed by atoms with E-state index in [-0.39, 0.29) is 37.5 Å². The van der Waals surface area contributed by atoms with Crippen molar-refractivity contribution in [2.75, 3.05) is 18.0 Å². The molecule has 0 spiro atoms. The van der Waals surface area contributed by atoms with E-state index in [0.717, 1.165) is 15.3 Å². The summed E-state index contributed by atoms with van der Waals surface area (Å²) in [4.78, 5) is 25.8. The third-order valence-electron chi connectivity index (χ3n) is 6.95. The van der Waals surface area contributed by atoms with Gasteiger partial charge in [-0.25, -0.2) is 13.8 Å². The lowest BCUT2D eigenvalue weighted by Crippen LogP contribution is -2.48. The highest BCUT2D eigenvalue weighted by Crippen LogP contribution is 2.40. The molecule has 5 rings (SSSR count). The van der Waals surface area contributed by atoms with Crippen LogP contribution in [-0.4, -0.2) is 58.2 Å². The van der Waals surface area contributed by atoms with Crippen LogP contribution >= 0.6 is 22.9 Å². The van der Waals surface area contributed by atoms with Crippen LogP contribution in [-0.2, 0) is 4.79 Å². The van der Waals surface area contributed by atoms with Gasteiger partial charge in [0.2, 0.25) is 5.91 Å². The number of piperidine rings is 1. The Morgan fingerprint density at radius 1 is 1.22 bits per heavy atom. The number of amidine groups is 2. The smallest absolute Gasteiger partial charge is 0.265 e. The van der Waals surface area contributed by atoms with E-state index in [0.29, 0.717) is 32.6 Å². The molecule has 2 aliphatic rings. The van der Waals surface area contributed by atoms with Gasteiger partial charge in [-0.15, -0.1) is 11.3 Å². The predicted molar refractivity (Wildman–Crippen MR) is 159 cm³/mol. The second-order valence-electron chi connectivity index (χ2n) is 9.99. The molecule has 2 aliphatic heterocycles. The largest absolute Gasteiger partial charge is 0.337 e. The van der Waals surface area contributed by atoms with E-state index in [4.69, 9.17) is 27.4 Å². The van der Waals surface area contributed by atoms with Crippen LogP contribution in [0.25, 0.3) is 0 Å². The zero-order chi connectivity index (χ0) is 29.3. The van der Waals surface area contributed by atoms with Gasteiger partial charge in [0.25, 0.3) is 5.92 Å². The van der Waals surface area contributed by atoms with Crippen LogP contribution in [0.3, 0.4) is 0 Å². The lowest BCUT2D eigenvalue weighted by molar-refractivity contribution is -0.141. The van der Waals surface area contributed by atoms with Crippen LogP contribution in [0.5, 0.6) is 0 Å². The van der Waals surface area contributed by atoms with Gasteiger partial charge in [-0.1, -0.05) is 29.8 Å². The van der Waals surface area contributed by atoms with E-state index in [1.165, 1.54) is 16.2 Å². The Kier molecular flexibility index (Phi) is 8.02. The molecule has 7 nitrogen and oxygen atoms in total. The number of rotatable bonds is 3. The Labute approximate surface area is 245 Å². The minimum absolute atomic E-state index is 0.0660. The fourth-order valence-corrected chi connectivity index (χ4v) is 6.28. The summed E-state index contributed by atoms with van der Waals surface area (Å²) in [5.41, 5.74) is 3.34. The average Bonchev–Trinajstić information content (AvgIpc) is 3.18. The Hall–Kier alpha value is -3.94. The average molecular weight is 593 g/mol. The quantitative estimate of drug-likeness (QED) is 0.217. The first-order valence-electron chi connectivity index (χ1n) is 13.0. The topological polar surface area (TPSA) is 96.5 Å². The number of hydrogen-bond acceptors (Lipinski definition) is 6. The van der Waals surface area contributed by atoms with Gasteiger partial charge in [0.05, 0.1) is 23.6 Å². The highest BCUT2D eigenvalue weighted by Gasteiger charge is 2.40. The summed E-state index contributed by atoms with van der Waals surface area (Å²) in [7, 11) is 0. The summed E-state index contributed by atoms with van der Waals surface area (Å²) >= 11 is 7.49. The van der Waals surface area contributed by atoms with Crippen molar-refractivity contribution in [2.45, 2.75) is 45.1 Å². The van der Waals surface area contributed by atoms with Gasteiger partial charge < -0.3 is 4.90 Å². The van der Waals surface area contributed by atoms with Crippen molar-refractivity contribution in [1.29, 1.82) is 10.8 Å². The maximum atomic E-state index is 14.1. The molecular weight excluding hydrogens is 566 g/mol. The number of benzene rings is 1. The second kappa shape index (κ2) is 11.5.